The zero-order valence-corrected chi connectivity index (χ0v) is 9.35. The average molecular weight is 220 g/mol. The molecule has 0 aromatic heterocycles. The summed E-state index contributed by atoms with van der Waals surface area (Å²) >= 11 is 0. The first-order chi connectivity index (χ1) is 7.64. The van der Waals surface area contributed by atoms with Crippen LogP contribution < -0.4 is 0 Å². The molecule has 0 aliphatic heterocycles. The molecule has 1 atom stereocenters. The summed E-state index contributed by atoms with van der Waals surface area (Å²) in [4.78, 5) is 21.9. The van der Waals surface area contributed by atoms with E-state index in [1.165, 1.54) is 0 Å². The van der Waals surface area contributed by atoms with Gasteiger partial charge in [-0.15, -0.1) is 0 Å². The van der Waals surface area contributed by atoms with Crippen LogP contribution in [0, 0.1) is 5.41 Å². The van der Waals surface area contributed by atoms with E-state index in [1.807, 2.05) is 30.3 Å². The number of hydrogen-bond donors (Lipinski definition) is 1. The lowest BCUT2D eigenvalue weighted by molar-refractivity contribution is -0.150. The van der Waals surface area contributed by atoms with Crippen LogP contribution in [0.1, 0.15) is 25.3 Å². The second-order valence-corrected chi connectivity index (χ2v) is 3.97. The molecule has 0 saturated carbocycles. The van der Waals surface area contributed by atoms with Gasteiger partial charge in [-0.05, 0) is 18.4 Å². The van der Waals surface area contributed by atoms with Crippen LogP contribution in [0.3, 0.4) is 0 Å². The van der Waals surface area contributed by atoms with E-state index in [0.29, 0.717) is 19.1 Å². The third-order valence-electron chi connectivity index (χ3n) is 2.99. The molecule has 86 valence electrons. The highest BCUT2D eigenvalue weighted by molar-refractivity contribution is 5.78. The molecule has 0 bridgehead atoms. The lowest BCUT2D eigenvalue weighted by Crippen LogP contribution is -2.33. The Morgan fingerprint density at radius 2 is 2.00 bits per heavy atom. The first-order valence-electron chi connectivity index (χ1n) is 5.35. The van der Waals surface area contributed by atoms with Crippen LogP contribution in [-0.4, -0.2) is 17.4 Å². The van der Waals surface area contributed by atoms with Crippen LogP contribution in [0.5, 0.6) is 0 Å². The van der Waals surface area contributed by atoms with Crippen LogP contribution in [-0.2, 0) is 16.0 Å². The zero-order chi connectivity index (χ0) is 12.0. The van der Waals surface area contributed by atoms with E-state index in [1.54, 1.807) is 6.92 Å². The van der Waals surface area contributed by atoms with Gasteiger partial charge in [-0.1, -0.05) is 37.3 Å². The number of benzene rings is 1. The van der Waals surface area contributed by atoms with Gasteiger partial charge in [-0.25, -0.2) is 0 Å². The van der Waals surface area contributed by atoms with Gasteiger partial charge in [0.25, 0.3) is 0 Å². The fraction of sp³-hybridized carbons (Fsp3) is 0.385. The highest BCUT2D eigenvalue weighted by atomic mass is 16.4. The molecule has 0 aliphatic rings. The van der Waals surface area contributed by atoms with Crippen molar-refractivity contribution < 1.29 is 14.7 Å². The standard InChI is InChI=1S/C13H16O3/c1-2-13(8-9-14,12(15)16)10-11-6-4-3-5-7-11/h3-7,9H,2,8,10H2,1H3,(H,15,16). The van der Waals surface area contributed by atoms with Crippen molar-refractivity contribution in [2.24, 2.45) is 5.41 Å². The van der Waals surface area contributed by atoms with Crippen LogP contribution in [0.25, 0.3) is 0 Å². The van der Waals surface area contributed by atoms with E-state index in [9.17, 15) is 14.7 Å². The van der Waals surface area contributed by atoms with E-state index < -0.39 is 11.4 Å². The second kappa shape index (κ2) is 5.45. The van der Waals surface area contributed by atoms with Gasteiger partial charge in [0.15, 0.2) is 0 Å². The van der Waals surface area contributed by atoms with Crippen molar-refractivity contribution in [2.75, 3.05) is 0 Å². The molecule has 0 saturated heterocycles. The molecule has 0 fully saturated rings. The zero-order valence-electron chi connectivity index (χ0n) is 9.35. The third kappa shape index (κ3) is 2.69. The molecule has 3 nitrogen and oxygen atoms in total. The van der Waals surface area contributed by atoms with Crippen molar-refractivity contribution >= 4 is 12.3 Å². The van der Waals surface area contributed by atoms with Crippen molar-refractivity contribution in [3.05, 3.63) is 35.9 Å². The Bertz CT molecular complexity index is 359. The molecule has 0 spiro atoms. The number of carbonyl (C=O) groups is 2. The normalized spacial score (nSPS) is 14.1. The van der Waals surface area contributed by atoms with Crippen LogP contribution in [0.4, 0.5) is 0 Å². The SMILES string of the molecule is CCC(CC=O)(Cc1ccccc1)C(=O)O. The molecule has 0 radical (unpaired) electrons. The largest absolute Gasteiger partial charge is 0.481 e. The maximum absolute atomic E-state index is 11.3. The molecule has 0 aliphatic carbocycles. The minimum atomic E-state index is -0.955. The van der Waals surface area contributed by atoms with Crippen molar-refractivity contribution in [2.45, 2.75) is 26.2 Å². The lowest BCUT2D eigenvalue weighted by Gasteiger charge is -2.25. The minimum Gasteiger partial charge on any atom is -0.481 e. The Kier molecular flexibility index (Phi) is 4.23. The predicted octanol–water partition coefficient (Wildman–Crippen LogP) is 2.30. The van der Waals surface area contributed by atoms with Gasteiger partial charge in [0.1, 0.15) is 6.29 Å². The molecule has 1 aromatic rings. The monoisotopic (exact) mass is 220 g/mol. The van der Waals surface area contributed by atoms with E-state index in [4.69, 9.17) is 0 Å². The summed E-state index contributed by atoms with van der Waals surface area (Å²) in [5.41, 5.74) is -0.00285. The van der Waals surface area contributed by atoms with Gasteiger partial charge in [0, 0.05) is 6.42 Å². The van der Waals surface area contributed by atoms with Gasteiger partial charge < -0.3 is 9.90 Å². The second-order valence-electron chi connectivity index (χ2n) is 3.97. The first kappa shape index (κ1) is 12.4. The molecule has 0 amide bonds. The lowest BCUT2D eigenvalue weighted by atomic mass is 9.77. The molecular weight excluding hydrogens is 204 g/mol. The number of aliphatic carboxylic acids is 1. The molecule has 1 N–H and O–H groups in total. The number of carboxylic acids is 1. The number of carbonyl (C=O) groups excluding carboxylic acids is 1. The number of hydrogen-bond acceptors (Lipinski definition) is 2. The van der Waals surface area contributed by atoms with Crippen molar-refractivity contribution in [3.8, 4) is 0 Å². The fourth-order valence-corrected chi connectivity index (χ4v) is 1.80. The summed E-state index contributed by atoms with van der Waals surface area (Å²) in [7, 11) is 0. The Labute approximate surface area is 95.1 Å². The maximum Gasteiger partial charge on any atom is 0.310 e. The molecule has 1 aromatic carbocycles. The van der Waals surface area contributed by atoms with E-state index in [0.717, 1.165) is 5.56 Å². The van der Waals surface area contributed by atoms with E-state index in [2.05, 4.69) is 0 Å². The highest BCUT2D eigenvalue weighted by Crippen LogP contribution is 2.30. The molecular formula is C13H16O3. The quantitative estimate of drug-likeness (QED) is 0.748. The van der Waals surface area contributed by atoms with E-state index in [-0.39, 0.29) is 6.42 Å². The smallest absolute Gasteiger partial charge is 0.310 e. The van der Waals surface area contributed by atoms with Crippen molar-refractivity contribution in [1.29, 1.82) is 0 Å². The van der Waals surface area contributed by atoms with Crippen molar-refractivity contribution in [1.82, 2.24) is 0 Å². The van der Waals surface area contributed by atoms with Crippen LogP contribution >= 0.6 is 0 Å². The van der Waals surface area contributed by atoms with Gasteiger partial charge in [-0.2, -0.15) is 0 Å². The minimum absolute atomic E-state index is 0.0632. The fourth-order valence-electron chi connectivity index (χ4n) is 1.80. The number of aldehydes is 1. The van der Waals surface area contributed by atoms with Gasteiger partial charge in [0.2, 0.25) is 0 Å². The third-order valence-corrected chi connectivity index (χ3v) is 2.99. The maximum atomic E-state index is 11.3. The van der Waals surface area contributed by atoms with Crippen molar-refractivity contribution in [3.63, 3.8) is 0 Å². The first-order valence-corrected chi connectivity index (χ1v) is 5.35. The number of rotatable bonds is 6. The summed E-state index contributed by atoms with van der Waals surface area (Å²) in [5.74, 6) is -0.897. The molecule has 1 unspecified atom stereocenters. The Morgan fingerprint density at radius 1 is 1.38 bits per heavy atom. The van der Waals surface area contributed by atoms with Crippen LogP contribution in [0.2, 0.25) is 0 Å². The van der Waals surface area contributed by atoms with Crippen LogP contribution in [0.15, 0.2) is 30.3 Å². The average Bonchev–Trinajstić information content (AvgIpc) is 2.29. The summed E-state index contributed by atoms with van der Waals surface area (Å²) in [6.07, 6.45) is 1.61. The Morgan fingerprint density at radius 3 is 2.44 bits per heavy atom. The predicted molar refractivity (Wildman–Crippen MR) is 61.2 cm³/mol. The van der Waals surface area contributed by atoms with Gasteiger partial charge in [0.05, 0.1) is 5.41 Å². The van der Waals surface area contributed by atoms with Gasteiger partial charge in [-0.3, -0.25) is 4.79 Å². The summed E-state index contributed by atoms with van der Waals surface area (Å²) < 4.78 is 0. The molecule has 0 heterocycles. The molecule has 3 heteroatoms. The molecule has 1 rings (SSSR count). The summed E-state index contributed by atoms with van der Waals surface area (Å²) in [6.45, 7) is 1.81. The van der Waals surface area contributed by atoms with E-state index >= 15 is 0 Å². The Balaban J connectivity index is 2.94. The topological polar surface area (TPSA) is 54.4 Å². The number of carboxylic acid groups (broad SMARTS) is 1. The summed E-state index contributed by atoms with van der Waals surface area (Å²) in [6, 6.07) is 9.41. The summed E-state index contributed by atoms with van der Waals surface area (Å²) in [5, 5.41) is 9.26. The van der Waals surface area contributed by atoms with Gasteiger partial charge >= 0.3 is 5.97 Å². The highest BCUT2D eigenvalue weighted by Gasteiger charge is 2.36. The Hall–Kier alpha value is -1.64. The molecule has 16 heavy (non-hydrogen) atoms.